The highest BCUT2D eigenvalue weighted by Crippen LogP contribution is 1.93. The largest absolute Gasteiger partial charge is 0.394 e. The highest BCUT2D eigenvalue weighted by molar-refractivity contribution is 4.80. The minimum atomic E-state index is -1.25. The molecule has 0 saturated heterocycles. The predicted octanol–water partition coefficient (Wildman–Crippen LogP) is -2.34. The molecule has 0 aliphatic carbocycles. The van der Waals surface area contributed by atoms with Crippen LogP contribution in [0.4, 0.5) is 0 Å². The van der Waals surface area contributed by atoms with Crippen molar-refractivity contribution in [3.05, 3.63) is 0 Å². The summed E-state index contributed by atoms with van der Waals surface area (Å²) in [6.45, 7) is -1.36. The van der Waals surface area contributed by atoms with Crippen molar-refractivity contribution in [3.63, 3.8) is 0 Å². The van der Waals surface area contributed by atoms with Gasteiger partial charge in [0.25, 0.3) is 0 Å². The molecule has 5 N–H and O–H groups in total. The van der Waals surface area contributed by atoms with Gasteiger partial charge in [0.05, 0.1) is 25.4 Å². The minimum absolute atomic E-state index is 0.455. The van der Waals surface area contributed by atoms with E-state index in [-0.39, 0.29) is 0 Å². The standard InChI is InChI=1S/C4H11NO3/c5-4(1-6,2-7)3-8/h6-8H,1-3,5H2/i/hT. The first-order valence-corrected chi connectivity index (χ1v) is 2.26. The van der Waals surface area contributed by atoms with E-state index in [2.05, 4.69) is 0 Å². The number of nitrogens with two attached hydrogens (primary N) is 1. The second-order valence-electron chi connectivity index (χ2n) is 1.75. The van der Waals surface area contributed by atoms with Gasteiger partial charge in [0, 0.05) is 0 Å². The molecule has 0 aromatic heterocycles. The van der Waals surface area contributed by atoms with Gasteiger partial charge in [0.2, 0.25) is 0 Å². The second-order valence-corrected chi connectivity index (χ2v) is 1.75. The molecule has 0 spiro atoms. The topological polar surface area (TPSA) is 86.7 Å². The zero-order valence-electron chi connectivity index (χ0n) is 5.46. The Morgan fingerprint density at radius 2 is 1.62 bits per heavy atom. The molecule has 0 rings (SSSR count). The Balaban J connectivity index is 3.82. The lowest BCUT2D eigenvalue weighted by molar-refractivity contribution is 0.0698. The molecule has 0 aliphatic heterocycles. The van der Waals surface area contributed by atoms with Gasteiger partial charge in [-0.3, -0.25) is 0 Å². The SMILES string of the molecule is [3H]NC(CO)(CO)CO. The van der Waals surface area contributed by atoms with Gasteiger partial charge in [-0.25, -0.2) is 0 Å². The van der Waals surface area contributed by atoms with Crippen molar-refractivity contribution in [2.45, 2.75) is 5.54 Å². The molecule has 50 valence electrons. The third-order valence-electron chi connectivity index (χ3n) is 0.908. The summed E-state index contributed by atoms with van der Waals surface area (Å²) in [6.07, 6.45) is 0. The summed E-state index contributed by atoms with van der Waals surface area (Å²) in [5.41, 5.74) is 0.615. The summed E-state index contributed by atoms with van der Waals surface area (Å²) in [6, 6.07) is 0. The summed E-state index contributed by atoms with van der Waals surface area (Å²) >= 11 is 0. The van der Waals surface area contributed by atoms with E-state index in [1.54, 1.807) is 0 Å². The Kier molecular flexibility index (Phi) is 2.23. The number of aliphatic hydroxyl groups excluding tert-OH is 3. The summed E-state index contributed by atoms with van der Waals surface area (Å²) in [7, 11) is 0. The molecule has 0 fully saturated rings. The molecule has 0 saturated carbocycles. The summed E-state index contributed by atoms with van der Waals surface area (Å²) in [5.74, 6) is 0. The van der Waals surface area contributed by atoms with Gasteiger partial charge in [-0.05, 0) is 0 Å². The molecule has 0 atom stereocenters. The third-order valence-corrected chi connectivity index (χ3v) is 0.908. The first-order valence-electron chi connectivity index (χ1n) is 2.76. The first-order chi connectivity index (χ1) is 4.24. The highest BCUT2D eigenvalue weighted by atomic mass is 16.3. The van der Waals surface area contributed by atoms with Gasteiger partial charge in [0.1, 0.15) is 1.41 Å². The van der Waals surface area contributed by atoms with Crippen molar-refractivity contribution in [1.82, 2.24) is 0 Å². The highest BCUT2D eigenvalue weighted by Gasteiger charge is 2.20. The maximum Gasteiger partial charge on any atom is 0.119 e. The second kappa shape index (κ2) is 2.99. The fourth-order valence-electron chi connectivity index (χ4n) is 0.150. The Morgan fingerprint density at radius 3 is 1.62 bits per heavy atom. The van der Waals surface area contributed by atoms with E-state index in [4.69, 9.17) is 16.7 Å². The van der Waals surface area contributed by atoms with Gasteiger partial charge in [-0.15, -0.1) is 0 Å². The quantitative estimate of drug-likeness (QED) is 0.337. The summed E-state index contributed by atoms with van der Waals surface area (Å²) in [5, 5.41) is 25.4. The molecule has 0 aromatic rings. The lowest BCUT2D eigenvalue weighted by Gasteiger charge is -2.20. The zero-order chi connectivity index (χ0) is 7.33. The van der Waals surface area contributed by atoms with E-state index in [0.29, 0.717) is 0 Å². The van der Waals surface area contributed by atoms with Crippen LogP contribution in [0.15, 0.2) is 0 Å². The van der Waals surface area contributed by atoms with E-state index < -0.39 is 25.4 Å². The lowest BCUT2D eigenvalue weighted by Crippen LogP contribution is -2.50. The normalized spacial score (nSPS) is 13.6. The fraction of sp³-hybridized carbons (Fsp3) is 1.00. The van der Waals surface area contributed by atoms with Crippen molar-refractivity contribution in [1.29, 1.82) is 0 Å². The number of rotatable bonds is 4. The van der Waals surface area contributed by atoms with Gasteiger partial charge >= 0.3 is 0 Å². The van der Waals surface area contributed by atoms with Crippen LogP contribution >= 0.6 is 0 Å². The van der Waals surface area contributed by atoms with Gasteiger partial charge in [-0.1, -0.05) is 0 Å². The smallest absolute Gasteiger partial charge is 0.119 e. The first kappa shape index (κ1) is 5.97. The molecule has 0 aromatic carbocycles. The molecular weight excluding hydrogens is 110 g/mol. The number of hydrogen-bond acceptors (Lipinski definition) is 4. The molecule has 0 aliphatic rings. The monoisotopic (exact) mass is 123 g/mol. The Hall–Kier alpha value is -0.160. The maximum absolute atomic E-state index is 8.47. The molecular formula is C4H11NO3. The van der Waals surface area contributed by atoms with Crippen molar-refractivity contribution in [2.24, 2.45) is 5.73 Å². The van der Waals surface area contributed by atoms with E-state index in [1.807, 2.05) is 5.73 Å². The van der Waals surface area contributed by atoms with Gasteiger partial charge < -0.3 is 21.0 Å². The lowest BCUT2D eigenvalue weighted by atomic mass is 10.1. The zero-order valence-corrected chi connectivity index (χ0v) is 4.46. The van der Waals surface area contributed by atoms with Crippen LogP contribution in [0.25, 0.3) is 0 Å². The Morgan fingerprint density at radius 1 is 1.25 bits per heavy atom. The minimum Gasteiger partial charge on any atom is -0.394 e. The van der Waals surface area contributed by atoms with E-state index in [1.165, 1.54) is 0 Å². The number of hydrogen-bond donors (Lipinski definition) is 4. The predicted molar refractivity (Wildman–Crippen MR) is 28.2 cm³/mol. The van der Waals surface area contributed by atoms with Gasteiger partial charge in [0.15, 0.2) is 0 Å². The van der Waals surface area contributed by atoms with E-state index in [0.717, 1.165) is 0 Å². The third kappa shape index (κ3) is 1.75. The van der Waals surface area contributed by atoms with Crippen molar-refractivity contribution in [3.8, 4) is 0 Å². The summed E-state index contributed by atoms with van der Waals surface area (Å²) in [4.78, 5) is 0. The molecule has 0 bridgehead atoms. The van der Waals surface area contributed by atoms with E-state index >= 15 is 0 Å². The van der Waals surface area contributed by atoms with Gasteiger partial charge in [-0.2, -0.15) is 0 Å². The molecule has 0 radical (unpaired) electrons. The van der Waals surface area contributed by atoms with Crippen molar-refractivity contribution >= 4 is 0 Å². The molecule has 0 heterocycles. The fourth-order valence-corrected chi connectivity index (χ4v) is 0.150. The average Bonchev–Trinajstić information content (AvgIpc) is 1.95. The van der Waals surface area contributed by atoms with Crippen molar-refractivity contribution in [2.75, 3.05) is 19.8 Å². The van der Waals surface area contributed by atoms with Crippen LogP contribution in [-0.2, 0) is 0 Å². The average molecular weight is 123 g/mol. The number of aliphatic hydroxyl groups is 3. The molecule has 8 heavy (non-hydrogen) atoms. The van der Waals surface area contributed by atoms with Crippen LogP contribution < -0.4 is 5.73 Å². The molecule has 4 heteroatoms. The van der Waals surface area contributed by atoms with Crippen LogP contribution in [-0.4, -0.2) is 40.7 Å². The van der Waals surface area contributed by atoms with Crippen LogP contribution in [0.1, 0.15) is 0 Å². The van der Waals surface area contributed by atoms with E-state index in [9.17, 15) is 0 Å². The van der Waals surface area contributed by atoms with Crippen molar-refractivity contribution < 1.29 is 16.7 Å². The van der Waals surface area contributed by atoms with Crippen LogP contribution in [0.2, 0.25) is 1.41 Å². The van der Waals surface area contributed by atoms with Crippen LogP contribution in [0.3, 0.4) is 0 Å². The van der Waals surface area contributed by atoms with Crippen LogP contribution in [0, 0.1) is 0 Å². The summed E-state index contributed by atoms with van der Waals surface area (Å²) < 4.78 is 6.58. The molecule has 0 unspecified atom stereocenters. The van der Waals surface area contributed by atoms with Crippen LogP contribution in [0.5, 0.6) is 0 Å². The Labute approximate surface area is 49.0 Å². The molecule has 0 amide bonds. The maximum atomic E-state index is 8.47. The molecule has 4 nitrogen and oxygen atoms in total. The Bertz CT molecular complexity index is 58.7.